The molecule has 0 N–H and O–H groups in total. The fourth-order valence-corrected chi connectivity index (χ4v) is 2.06. The second-order valence-electron chi connectivity index (χ2n) is 4.28. The molecule has 102 valence electrons. The van der Waals surface area contributed by atoms with Crippen molar-refractivity contribution >= 4 is 27.6 Å². The molecule has 2 rings (SSSR count). The Labute approximate surface area is 118 Å². The van der Waals surface area contributed by atoms with Crippen LogP contribution in [0.3, 0.4) is 0 Å². The van der Waals surface area contributed by atoms with E-state index in [2.05, 4.69) is 15.9 Å². The minimum Gasteiger partial charge on any atom is -0.484 e. The molecular formula is C13H13BrFNO3. The molecule has 0 bridgehead atoms. The maximum Gasteiger partial charge on any atom is 0.260 e. The van der Waals surface area contributed by atoms with E-state index in [9.17, 15) is 14.0 Å². The lowest BCUT2D eigenvalue weighted by atomic mass is 10.1. The topological polar surface area (TPSA) is 46.6 Å². The van der Waals surface area contributed by atoms with Gasteiger partial charge >= 0.3 is 0 Å². The lowest BCUT2D eigenvalue weighted by molar-refractivity contribution is -0.136. The van der Waals surface area contributed by atoms with Crippen molar-refractivity contribution in [1.82, 2.24) is 4.90 Å². The van der Waals surface area contributed by atoms with Crippen LogP contribution in [0.5, 0.6) is 5.75 Å². The van der Waals surface area contributed by atoms with Gasteiger partial charge in [0.25, 0.3) is 5.91 Å². The normalized spacial score (nSPS) is 15.5. The van der Waals surface area contributed by atoms with Gasteiger partial charge in [-0.05, 0) is 28.1 Å². The summed E-state index contributed by atoms with van der Waals surface area (Å²) < 4.78 is 18.8. The highest BCUT2D eigenvalue weighted by Gasteiger charge is 2.20. The number of amides is 1. The van der Waals surface area contributed by atoms with E-state index in [1.807, 2.05) is 0 Å². The maximum atomic E-state index is 13.2. The SMILES string of the molecule is O=C1CCN(C(=O)COc2ccc(Br)c(F)c2)CC1. The van der Waals surface area contributed by atoms with Crippen LogP contribution >= 0.6 is 15.9 Å². The number of halogens is 2. The van der Waals surface area contributed by atoms with Crippen molar-refractivity contribution in [3.63, 3.8) is 0 Å². The van der Waals surface area contributed by atoms with Gasteiger partial charge in [0.05, 0.1) is 4.47 Å². The summed E-state index contributed by atoms with van der Waals surface area (Å²) in [6, 6.07) is 4.33. The van der Waals surface area contributed by atoms with Crippen molar-refractivity contribution in [1.29, 1.82) is 0 Å². The third-order valence-corrected chi connectivity index (χ3v) is 3.57. The number of ether oxygens (including phenoxy) is 1. The van der Waals surface area contributed by atoms with Gasteiger partial charge < -0.3 is 9.64 Å². The Morgan fingerprint density at radius 2 is 2.05 bits per heavy atom. The molecule has 0 saturated carbocycles. The van der Waals surface area contributed by atoms with Gasteiger partial charge in [0.2, 0.25) is 0 Å². The molecule has 0 atom stereocenters. The Bertz CT molecular complexity index is 497. The number of ketones is 1. The van der Waals surface area contributed by atoms with Crippen molar-refractivity contribution < 1.29 is 18.7 Å². The smallest absolute Gasteiger partial charge is 0.260 e. The third-order valence-electron chi connectivity index (χ3n) is 2.93. The maximum absolute atomic E-state index is 13.2. The molecule has 1 amide bonds. The number of rotatable bonds is 3. The molecule has 0 radical (unpaired) electrons. The molecule has 4 nitrogen and oxygen atoms in total. The Morgan fingerprint density at radius 1 is 1.37 bits per heavy atom. The summed E-state index contributed by atoms with van der Waals surface area (Å²) in [5.74, 6) is -0.133. The number of likely N-dealkylation sites (tertiary alicyclic amines) is 1. The van der Waals surface area contributed by atoms with Crippen molar-refractivity contribution in [3.05, 3.63) is 28.5 Å². The largest absolute Gasteiger partial charge is 0.484 e. The molecule has 6 heteroatoms. The minimum atomic E-state index is -0.437. The van der Waals surface area contributed by atoms with Gasteiger partial charge in [0.1, 0.15) is 17.3 Å². The van der Waals surface area contributed by atoms with E-state index in [0.29, 0.717) is 36.2 Å². The van der Waals surface area contributed by atoms with Crippen LogP contribution in [0, 0.1) is 5.82 Å². The molecule has 1 heterocycles. The van der Waals surface area contributed by atoms with E-state index in [-0.39, 0.29) is 18.3 Å². The van der Waals surface area contributed by atoms with Crippen LogP contribution in [0.25, 0.3) is 0 Å². The van der Waals surface area contributed by atoms with Crippen LogP contribution < -0.4 is 4.74 Å². The second-order valence-corrected chi connectivity index (χ2v) is 5.14. The van der Waals surface area contributed by atoms with Crippen molar-refractivity contribution in [2.45, 2.75) is 12.8 Å². The molecule has 1 aliphatic heterocycles. The highest BCUT2D eigenvalue weighted by Crippen LogP contribution is 2.21. The summed E-state index contributed by atoms with van der Waals surface area (Å²) in [5.41, 5.74) is 0. The van der Waals surface area contributed by atoms with Gasteiger partial charge in [0, 0.05) is 32.0 Å². The van der Waals surface area contributed by atoms with Crippen LogP contribution in [0.2, 0.25) is 0 Å². The highest BCUT2D eigenvalue weighted by atomic mass is 79.9. The fourth-order valence-electron chi connectivity index (χ4n) is 1.81. The van der Waals surface area contributed by atoms with E-state index >= 15 is 0 Å². The van der Waals surface area contributed by atoms with E-state index in [1.54, 1.807) is 11.0 Å². The number of piperidine rings is 1. The van der Waals surface area contributed by atoms with Gasteiger partial charge in [0.15, 0.2) is 6.61 Å². The molecule has 1 fully saturated rings. The van der Waals surface area contributed by atoms with Crippen LogP contribution in [0.1, 0.15) is 12.8 Å². The van der Waals surface area contributed by atoms with Gasteiger partial charge in [-0.15, -0.1) is 0 Å². The predicted molar refractivity (Wildman–Crippen MR) is 70.4 cm³/mol. The summed E-state index contributed by atoms with van der Waals surface area (Å²) in [6.07, 6.45) is 0.803. The zero-order valence-electron chi connectivity index (χ0n) is 10.2. The first kappa shape index (κ1) is 14.0. The van der Waals surface area contributed by atoms with E-state index in [1.165, 1.54) is 12.1 Å². The van der Waals surface area contributed by atoms with Gasteiger partial charge in [-0.3, -0.25) is 9.59 Å². The number of hydrogen-bond donors (Lipinski definition) is 0. The van der Waals surface area contributed by atoms with Crippen molar-refractivity contribution in [2.75, 3.05) is 19.7 Å². The average molecular weight is 330 g/mol. The van der Waals surface area contributed by atoms with Gasteiger partial charge in [-0.2, -0.15) is 0 Å². The molecule has 19 heavy (non-hydrogen) atoms. The molecule has 0 aromatic heterocycles. The summed E-state index contributed by atoms with van der Waals surface area (Å²) in [6.45, 7) is 0.737. The molecular weight excluding hydrogens is 317 g/mol. The number of benzene rings is 1. The standard InChI is InChI=1S/C13H13BrFNO3/c14-11-2-1-10(7-12(11)15)19-8-13(18)16-5-3-9(17)4-6-16/h1-2,7H,3-6,8H2. The predicted octanol–water partition coefficient (Wildman–Crippen LogP) is 2.16. The summed E-state index contributed by atoms with van der Waals surface area (Å²) in [4.78, 5) is 24.5. The zero-order valence-corrected chi connectivity index (χ0v) is 11.8. The first-order chi connectivity index (χ1) is 9.06. The van der Waals surface area contributed by atoms with Crippen LogP contribution in [-0.4, -0.2) is 36.3 Å². The third kappa shape index (κ3) is 3.76. The lowest BCUT2D eigenvalue weighted by Crippen LogP contribution is -2.41. The summed E-state index contributed by atoms with van der Waals surface area (Å²) >= 11 is 3.04. The number of carbonyl (C=O) groups excluding carboxylic acids is 2. The minimum absolute atomic E-state index is 0.144. The van der Waals surface area contributed by atoms with E-state index in [4.69, 9.17) is 4.74 Å². The van der Waals surface area contributed by atoms with Gasteiger partial charge in [-0.1, -0.05) is 0 Å². The zero-order chi connectivity index (χ0) is 13.8. The van der Waals surface area contributed by atoms with E-state index < -0.39 is 5.82 Å². The number of Topliss-reactive ketones (excluding diaryl/α,β-unsaturated/α-hetero) is 1. The number of hydrogen-bond acceptors (Lipinski definition) is 3. The second kappa shape index (κ2) is 6.14. The summed E-state index contributed by atoms with van der Waals surface area (Å²) in [5, 5.41) is 0. The van der Waals surface area contributed by atoms with Crippen molar-refractivity contribution in [3.8, 4) is 5.75 Å². The van der Waals surface area contributed by atoms with Crippen LogP contribution in [-0.2, 0) is 9.59 Å². The Balaban J connectivity index is 1.86. The van der Waals surface area contributed by atoms with Gasteiger partial charge in [-0.25, -0.2) is 4.39 Å². The van der Waals surface area contributed by atoms with Crippen LogP contribution in [0.15, 0.2) is 22.7 Å². The number of carbonyl (C=O) groups is 2. The molecule has 1 aromatic rings. The molecule has 0 spiro atoms. The monoisotopic (exact) mass is 329 g/mol. The first-order valence-corrected chi connectivity index (χ1v) is 6.73. The fraction of sp³-hybridized carbons (Fsp3) is 0.385. The Hall–Kier alpha value is -1.43. The average Bonchev–Trinajstić information content (AvgIpc) is 2.40. The van der Waals surface area contributed by atoms with E-state index in [0.717, 1.165) is 0 Å². The Morgan fingerprint density at radius 3 is 2.68 bits per heavy atom. The summed E-state index contributed by atoms with van der Waals surface area (Å²) in [7, 11) is 0. The Kier molecular flexibility index (Phi) is 4.52. The molecule has 1 aliphatic rings. The number of nitrogens with zero attached hydrogens (tertiary/aromatic N) is 1. The van der Waals surface area contributed by atoms with Crippen molar-refractivity contribution in [2.24, 2.45) is 0 Å². The molecule has 1 aromatic carbocycles. The molecule has 0 unspecified atom stereocenters. The lowest BCUT2D eigenvalue weighted by Gasteiger charge is -2.25. The first-order valence-electron chi connectivity index (χ1n) is 5.93. The highest BCUT2D eigenvalue weighted by molar-refractivity contribution is 9.10. The molecule has 0 aliphatic carbocycles. The van der Waals surface area contributed by atoms with Crippen LogP contribution in [0.4, 0.5) is 4.39 Å². The molecule has 1 saturated heterocycles. The quantitative estimate of drug-likeness (QED) is 0.853.